The molecule has 0 aromatic carbocycles. The van der Waals surface area contributed by atoms with Gasteiger partial charge in [0.1, 0.15) is 0 Å². The third-order valence-electron chi connectivity index (χ3n) is 1.81. The van der Waals surface area contributed by atoms with E-state index >= 15 is 0 Å². The molecule has 1 unspecified atom stereocenters. The Morgan fingerprint density at radius 2 is 2.00 bits per heavy atom. The zero-order chi connectivity index (χ0) is 8.10. The third kappa shape index (κ3) is 3.16. The van der Waals surface area contributed by atoms with Crippen LogP contribution in [0.4, 0.5) is 0 Å². The molecule has 0 bridgehead atoms. The smallest absolute Gasteiger partial charge is 0.0223 e. The molecule has 0 radical (unpaired) electrons. The van der Waals surface area contributed by atoms with E-state index in [0.717, 1.165) is 16.2 Å². The highest BCUT2D eigenvalue weighted by molar-refractivity contribution is 14.1. The molecule has 0 spiro atoms. The normalized spacial score (nSPS) is 19.5. The van der Waals surface area contributed by atoms with Gasteiger partial charge in [-0.3, -0.25) is 0 Å². The van der Waals surface area contributed by atoms with E-state index in [-0.39, 0.29) is 0 Å². The Morgan fingerprint density at radius 3 is 2.55 bits per heavy atom. The first-order valence-electron chi connectivity index (χ1n) is 3.89. The quantitative estimate of drug-likeness (QED) is 0.546. The molecule has 0 saturated carbocycles. The molecule has 0 aromatic rings. The lowest BCUT2D eigenvalue weighted by Gasteiger charge is -2.12. The first-order chi connectivity index (χ1) is 5.34. The van der Waals surface area contributed by atoms with Crippen LogP contribution in [-0.4, -0.2) is 9.80 Å². The number of allylic oxidation sites excluding steroid dienone is 4. The van der Waals surface area contributed by atoms with E-state index < -0.39 is 0 Å². The van der Waals surface area contributed by atoms with Crippen LogP contribution in [0, 0.1) is 5.92 Å². The van der Waals surface area contributed by atoms with Crippen LogP contribution in [0.15, 0.2) is 24.3 Å². The van der Waals surface area contributed by atoms with Crippen molar-refractivity contribution in [2.75, 3.05) is 5.88 Å². The molecule has 1 aliphatic carbocycles. The van der Waals surface area contributed by atoms with Crippen LogP contribution in [0.1, 0.15) is 12.8 Å². The molecule has 0 nitrogen and oxygen atoms in total. The molecular formula is C9H12ClI. The monoisotopic (exact) mass is 282 g/mol. The summed E-state index contributed by atoms with van der Waals surface area (Å²) in [5.41, 5.74) is 0. The summed E-state index contributed by atoms with van der Waals surface area (Å²) in [6.45, 7) is 0. The summed E-state index contributed by atoms with van der Waals surface area (Å²) in [4.78, 5) is 0. The van der Waals surface area contributed by atoms with E-state index in [4.69, 9.17) is 11.6 Å². The van der Waals surface area contributed by atoms with Crippen LogP contribution in [-0.2, 0) is 0 Å². The number of rotatable bonds is 4. The molecule has 0 fully saturated rings. The summed E-state index contributed by atoms with van der Waals surface area (Å²) in [7, 11) is 0. The van der Waals surface area contributed by atoms with Gasteiger partial charge in [0.2, 0.25) is 0 Å². The van der Waals surface area contributed by atoms with Gasteiger partial charge in [-0.1, -0.05) is 46.9 Å². The van der Waals surface area contributed by atoms with Crippen LogP contribution in [0.3, 0.4) is 0 Å². The molecule has 0 heterocycles. The molecule has 62 valence electrons. The van der Waals surface area contributed by atoms with Crippen LogP contribution in [0.25, 0.3) is 0 Å². The molecule has 0 saturated heterocycles. The SMILES string of the molecule is ClCCCC(I)C1C=CC=C1. The van der Waals surface area contributed by atoms with Crippen LogP contribution >= 0.6 is 34.2 Å². The molecule has 11 heavy (non-hydrogen) atoms. The Morgan fingerprint density at radius 1 is 1.36 bits per heavy atom. The van der Waals surface area contributed by atoms with Gasteiger partial charge in [0.15, 0.2) is 0 Å². The predicted molar refractivity (Wildman–Crippen MR) is 59.5 cm³/mol. The zero-order valence-corrected chi connectivity index (χ0v) is 9.25. The van der Waals surface area contributed by atoms with Crippen LogP contribution < -0.4 is 0 Å². The average molecular weight is 283 g/mol. The molecule has 1 rings (SSSR count). The van der Waals surface area contributed by atoms with Gasteiger partial charge in [0.25, 0.3) is 0 Å². The second-order valence-electron chi connectivity index (χ2n) is 2.69. The zero-order valence-electron chi connectivity index (χ0n) is 6.34. The molecular weight excluding hydrogens is 270 g/mol. The van der Waals surface area contributed by atoms with Crippen molar-refractivity contribution in [2.45, 2.75) is 16.8 Å². The minimum absolute atomic E-state index is 0.652. The van der Waals surface area contributed by atoms with E-state index in [2.05, 4.69) is 46.9 Å². The Kier molecular flexibility index (Phi) is 4.53. The van der Waals surface area contributed by atoms with Crippen molar-refractivity contribution >= 4 is 34.2 Å². The highest BCUT2D eigenvalue weighted by Gasteiger charge is 2.13. The highest BCUT2D eigenvalue weighted by atomic mass is 127. The van der Waals surface area contributed by atoms with Gasteiger partial charge in [0.05, 0.1) is 0 Å². The second kappa shape index (κ2) is 5.20. The van der Waals surface area contributed by atoms with Crippen molar-refractivity contribution in [1.82, 2.24) is 0 Å². The largest absolute Gasteiger partial charge is 0.127 e. The Hall–Kier alpha value is 0.500. The molecule has 0 N–H and O–H groups in total. The average Bonchev–Trinajstić information content (AvgIpc) is 2.52. The highest BCUT2D eigenvalue weighted by Crippen LogP contribution is 2.24. The minimum Gasteiger partial charge on any atom is -0.127 e. The van der Waals surface area contributed by atoms with E-state index in [1.807, 2.05) is 0 Å². The summed E-state index contributed by atoms with van der Waals surface area (Å²) in [5.74, 6) is 1.44. The third-order valence-corrected chi connectivity index (χ3v) is 3.53. The Labute approximate surface area is 86.8 Å². The van der Waals surface area contributed by atoms with Crippen molar-refractivity contribution in [2.24, 2.45) is 5.92 Å². The summed E-state index contributed by atoms with van der Waals surface area (Å²) in [6.07, 6.45) is 11.1. The van der Waals surface area contributed by atoms with E-state index in [1.165, 1.54) is 6.42 Å². The van der Waals surface area contributed by atoms with E-state index in [1.54, 1.807) is 0 Å². The van der Waals surface area contributed by atoms with Crippen molar-refractivity contribution in [1.29, 1.82) is 0 Å². The second-order valence-corrected chi connectivity index (χ2v) is 4.67. The maximum absolute atomic E-state index is 5.61. The summed E-state index contributed by atoms with van der Waals surface area (Å²) >= 11 is 8.12. The number of hydrogen-bond donors (Lipinski definition) is 0. The molecule has 0 aliphatic heterocycles. The van der Waals surface area contributed by atoms with Gasteiger partial charge >= 0.3 is 0 Å². The Balaban J connectivity index is 2.24. The summed E-state index contributed by atoms with van der Waals surface area (Å²) in [6, 6.07) is 0. The first-order valence-corrected chi connectivity index (χ1v) is 5.67. The molecule has 1 aliphatic rings. The lowest BCUT2D eigenvalue weighted by Crippen LogP contribution is -2.07. The molecule has 0 amide bonds. The van der Waals surface area contributed by atoms with Crippen molar-refractivity contribution < 1.29 is 0 Å². The number of hydrogen-bond acceptors (Lipinski definition) is 0. The van der Waals surface area contributed by atoms with Crippen molar-refractivity contribution in [3.8, 4) is 0 Å². The van der Waals surface area contributed by atoms with E-state index in [9.17, 15) is 0 Å². The fraction of sp³-hybridized carbons (Fsp3) is 0.556. The lowest BCUT2D eigenvalue weighted by molar-refractivity contribution is 0.690. The van der Waals surface area contributed by atoms with Gasteiger partial charge in [-0.15, -0.1) is 11.6 Å². The fourth-order valence-corrected chi connectivity index (χ4v) is 2.23. The maximum Gasteiger partial charge on any atom is 0.0223 e. The van der Waals surface area contributed by atoms with Gasteiger partial charge in [-0.2, -0.15) is 0 Å². The van der Waals surface area contributed by atoms with Gasteiger partial charge in [-0.25, -0.2) is 0 Å². The standard InChI is InChI=1S/C9H12ClI/c10-7-3-6-9(11)8-4-1-2-5-8/h1-2,4-5,8-9H,3,6-7H2. The first kappa shape index (κ1) is 9.59. The van der Waals surface area contributed by atoms with Crippen LogP contribution in [0.5, 0.6) is 0 Å². The topological polar surface area (TPSA) is 0 Å². The predicted octanol–water partition coefficient (Wildman–Crippen LogP) is 3.55. The van der Waals surface area contributed by atoms with Gasteiger partial charge in [-0.05, 0) is 12.8 Å². The molecule has 2 heteroatoms. The number of halogens is 2. The lowest BCUT2D eigenvalue weighted by atomic mass is 10.0. The summed E-state index contributed by atoms with van der Waals surface area (Å²) < 4.78 is 0.723. The minimum atomic E-state index is 0.652. The summed E-state index contributed by atoms with van der Waals surface area (Å²) in [5, 5.41) is 0. The number of alkyl halides is 2. The Bertz CT molecular complexity index is 151. The van der Waals surface area contributed by atoms with Crippen molar-refractivity contribution in [3.63, 3.8) is 0 Å². The van der Waals surface area contributed by atoms with Crippen molar-refractivity contribution in [3.05, 3.63) is 24.3 Å². The van der Waals surface area contributed by atoms with Crippen LogP contribution in [0.2, 0.25) is 0 Å². The maximum atomic E-state index is 5.61. The van der Waals surface area contributed by atoms with Gasteiger partial charge in [0, 0.05) is 15.7 Å². The molecule has 1 atom stereocenters. The fourth-order valence-electron chi connectivity index (χ4n) is 1.15. The van der Waals surface area contributed by atoms with E-state index in [0.29, 0.717) is 5.92 Å². The van der Waals surface area contributed by atoms with Gasteiger partial charge < -0.3 is 0 Å². The molecule has 0 aromatic heterocycles.